The highest BCUT2D eigenvalue weighted by Crippen LogP contribution is 2.23. The van der Waals surface area contributed by atoms with E-state index in [1.165, 1.54) is 12.8 Å². The topological polar surface area (TPSA) is 41.0 Å². The van der Waals surface area contributed by atoms with Gasteiger partial charge in [-0.3, -0.25) is 0 Å². The third-order valence-corrected chi connectivity index (χ3v) is 3.32. The number of rotatable bonds is 3. The lowest BCUT2D eigenvalue weighted by Gasteiger charge is -2.29. The van der Waals surface area contributed by atoms with E-state index in [0.717, 1.165) is 24.6 Å². The third-order valence-electron chi connectivity index (χ3n) is 3.32. The van der Waals surface area contributed by atoms with Gasteiger partial charge in [-0.25, -0.2) is 0 Å². The molecule has 0 aliphatic carbocycles. The minimum Gasteiger partial charge on any atom is -0.351 e. The Morgan fingerprint density at radius 1 is 1.33 bits per heavy atom. The van der Waals surface area contributed by atoms with Crippen LogP contribution in [0, 0.1) is 6.92 Å². The zero-order valence-electron chi connectivity index (χ0n) is 11.9. The minimum atomic E-state index is 0.174. The van der Waals surface area contributed by atoms with Gasteiger partial charge in [-0.1, -0.05) is 0 Å². The summed E-state index contributed by atoms with van der Waals surface area (Å²) in [7, 11) is 0. The summed E-state index contributed by atoms with van der Waals surface area (Å²) in [6, 6.07) is 4.66. The van der Waals surface area contributed by atoms with Crippen molar-refractivity contribution in [3.63, 3.8) is 0 Å². The van der Waals surface area contributed by atoms with Crippen molar-refractivity contribution in [3.05, 3.63) is 17.8 Å². The highest BCUT2D eigenvalue weighted by molar-refractivity contribution is 5.40. The standard InChI is InChI=1S/C14H24N4/c1-11-7-8-13(17-16-11)18-9-5-6-12(18)10-15-14(2,3)4/h7-8,12,15H,5-6,9-10H2,1-4H3. The van der Waals surface area contributed by atoms with Gasteiger partial charge in [0.05, 0.1) is 5.69 Å². The van der Waals surface area contributed by atoms with Crippen LogP contribution in [0.3, 0.4) is 0 Å². The van der Waals surface area contributed by atoms with Crippen molar-refractivity contribution in [2.24, 2.45) is 0 Å². The van der Waals surface area contributed by atoms with Crippen LogP contribution < -0.4 is 10.2 Å². The molecule has 2 rings (SSSR count). The summed E-state index contributed by atoms with van der Waals surface area (Å²) in [6.45, 7) is 10.7. The molecule has 2 heterocycles. The molecule has 4 nitrogen and oxygen atoms in total. The molecule has 1 saturated heterocycles. The molecule has 1 aliphatic heterocycles. The van der Waals surface area contributed by atoms with E-state index < -0.39 is 0 Å². The van der Waals surface area contributed by atoms with Crippen LogP contribution in [0.4, 0.5) is 5.82 Å². The molecule has 0 saturated carbocycles. The van der Waals surface area contributed by atoms with Crippen LogP contribution in [0.2, 0.25) is 0 Å². The highest BCUT2D eigenvalue weighted by Gasteiger charge is 2.26. The maximum Gasteiger partial charge on any atom is 0.151 e. The van der Waals surface area contributed by atoms with E-state index in [-0.39, 0.29) is 5.54 Å². The molecule has 1 atom stereocenters. The Kier molecular flexibility index (Phi) is 3.85. The maximum absolute atomic E-state index is 4.30. The Bertz CT molecular complexity index is 380. The Morgan fingerprint density at radius 2 is 2.11 bits per heavy atom. The first-order valence-electron chi connectivity index (χ1n) is 6.78. The van der Waals surface area contributed by atoms with Crippen molar-refractivity contribution in [1.82, 2.24) is 15.5 Å². The number of hydrogen-bond donors (Lipinski definition) is 1. The van der Waals surface area contributed by atoms with Crippen molar-refractivity contribution in [1.29, 1.82) is 0 Å². The second-order valence-electron chi connectivity index (χ2n) is 6.15. The summed E-state index contributed by atoms with van der Waals surface area (Å²) in [5.74, 6) is 1.01. The molecule has 1 unspecified atom stereocenters. The minimum absolute atomic E-state index is 0.174. The van der Waals surface area contributed by atoms with Crippen LogP contribution >= 0.6 is 0 Å². The summed E-state index contributed by atoms with van der Waals surface area (Å²) < 4.78 is 0. The summed E-state index contributed by atoms with van der Waals surface area (Å²) in [4.78, 5) is 2.38. The maximum atomic E-state index is 4.30. The van der Waals surface area contributed by atoms with Gasteiger partial charge in [0.1, 0.15) is 0 Å². The largest absolute Gasteiger partial charge is 0.351 e. The zero-order valence-corrected chi connectivity index (χ0v) is 11.9. The quantitative estimate of drug-likeness (QED) is 0.890. The van der Waals surface area contributed by atoms with Gasteiger partial charge in [-0.2, -0.15) is 5.10 Å². The molecule has 18 heavy (non-hydrogen) atoms. The Hall–Kier alpha value is -1.16. The molecule has 1 N–H and O–H groups in total. The van der Waals surface area contributed by atoms with E-state index in [1.807, 2.05) is 13.0 Å². The van der Waals surface area contributed by atoms with Crippen LogP contribution in [-0.4, -0.2) is 34.9 Å². The van der Waals surface area contributed by atoms with E-state index in [2.05, 4.69) is 47.3 Å². The van der Waals surface area contributed by atoms with Crippen molar-refractivity contribution in [3.8, 4) is 0 Å². The molecule has 0 radical (unpaired) electrons. The average molecular weight is 248 g/mol. The lowest BCUT2D eigenvalue weighted by atomic mass is 10.1. The monoisotopic (exact) mass is 248 g/mol. The van der Waals surface area contributed by atoms with Gasteiger partial charge >= 0.3 is 0 Å². The van der Waals surface area contributed by atoms with Gasteiger partial charge in [0, 0.05) is 24.7 Å². The molecule has 1 aromatic heterocycles. The summed E-state index contributed by atoms with van der Waals surface area (Å²) >= 11 is 0. The molecular weight excluding hydrogens is 224 g/mol. The molecule has 0 spiro atoms. The molecular formula is C14H24N4. The van der Waals surface area contributed by atoms with Gasteiger partial charge in [-0.15, -0.1) is 5.10 Å². The fourth-order valence-corrected chi connectivity index (χ4v) is 2.32. The highest BCUT2D eigenvalue weighted by atomic mass is 15.3. The van der Waals surface area contributed by atoms with Crippen LogP contribution in [0.5, 0.6) is 0 Å². The zero-order chi connectivity index (χ0) is 13.2. The number of nitrogens with zero attached hydrogens (tertiary/aromatic N) is 3. The number of hydrogen-bond acceptors (Lipinski definition) is 4. The predicted molar refractivity (Wildman–Crippen MR) is 74.9 cm³/mol. The lowest BCUT2D eigenvalue weighted by Crippen LogP contribution is -2.45. The second kappa shape index (κ2) is 5.22. The molecule has 1 aliphatic rings. The van der Waals surface area contributed by atoms with E-state index in [9.17, 15) is 0 Å². The average Bonchev–Trinajstić information content (AvgIpc) is 2.75. The van der Waals surface area contributed by atoms with Gasteiger partial charge in [0.15, 0.2) is 5.82 Å². The summed E-state index contributed by atoms with van der Waals surface area (Å²) in [5, 5.41) is 12.0. The Labute approximate surface area is 110 Å². The summed E-state index contributed by atoms with van der Waals surface area (Å²) in [5.41, 5.74) is 1.15. The van der Waals surface area contributed by atoms with Crippen molar-refractivity contribution in [2.75, 3.05) is 18.0 Å². The van der Waals surface area contributed by atoms with E-state index in [1.54, 1.807) is 0 Å². The van der Waals surface area contributed by atoms with Crippen LogP contribution in [0.15, 0.2) is 12.1 Å². The first-order valence-corrected chi connectivity index (χ1v) is 6.78. The van der Waals surface area contributed by atoms with Crippen LogP contribution in [0.25, 0.3) is 0 Å². The van der Waals surface area contributed by atoms with E-state index in [4.69, 9.17) is 0 Å². The van der Waals surface area contributed by atoms with Gasteiger partial charge in [0.2, 0.25) is 0 Å². The molecule has 4 heteroatoms. The third kappa shape index (κ3) is 3.42. The number of anilines is 1. The molecule has 0 bridgehead atoms. The SMILES string of the molecule is Cc1ccc(N2CCCC2CNC(C)(C)C)nn1. The van der Waals surface area contributed by atoms with Gasteiger partial charge < -0.3 is 10.2 Å². The van der Waals surface area contributed by atoms with Gasteiger partial charge in [-0.05, 0) is 52.7 Å². The predicted octanol–water partition coefficient (Wildman–Crippen LogP) is 2.14. The number of aromatic nitrogens is 2. The first kappa shape index (κ1) is 13.3. The van der Waals surface area contributed by atoms with Gasteiger partial charge in [0.25, 0.3) is 0 Å². The van der Waals surface area contributed by atoms with Crippen LogP contribution in [0.1, 0.15) is 39.3 Å². The molecule has 0 aromatic carbocycles. The number of aryl methyl sites for hydroxylation is 1. The lowest BCUT2D eigenvalue weighted by molar-refractivity contribution is 0.404. The first-order chi connectivity index (χ1) is 8.46. The van der Waals surface area contributed by atoms with Crippen molar-refractivity contribution < 1.29 is 0 Å². The van der Waals surface area contributed by atoms with Crippen LogP contribution in [-0.2, 0) is 0 Å². The van der Waals surface area contributed by atoms with Crippen molar-refractivity contribution in [2.45, 2.75) is 52.1 Å². The van der Waals surface area contributed by atoms with Crippen molar-refractivity contribution >= 4 is 5.82 Å². The second-order valence-corrected chi connectivity index (χ2v) is 6.15. The van der Waals surface area contributed by atoms with E-state index >= 15 is 0 Å². The Morgan fingerprint density at radius 3 is 2.72 bits per heavy atom. The molecule has 1 fully saturated rings. The smallest absolute Gasteiger partial charge is 0.151 e. The summed E-state index contributed by atoms with van der Waals surface area (Å²) in [6.07, 6.45) is 2.48. The molecule has 0 amide bonds. The van der Waals surface area contributed by atoms with E-state index in [0.29, 0.717) is 6.04 Å². The Balaban J connectivity index is 2.01. The number of nitrogens with one attached hydrogen (secondary N) is 1. The fraction of sp³-hybridized carbons (Fsp3) is 0.714. The molecule has 1 aromatic rings. The fourth-order valence-electron chi connectivity index (χ4n) is 2.32. The normalized spacial score (nSPS) is 20.4. The molecule has 100 valence electrons.